The van der Waals surface area contributed by atoms with Crippen LogP contribution in [0.4, 0.5) is 0 Å². The summed E-state index contributed by atoms with van der Waals surface area (Å²) in [7, 11) is 0. The van der Waals surface area contributed by atoms with E-state index in [1.165, 1.54) is 24.3 Å². The normalized spacial score (nSPS) is 31.5. The zero-order chi connectivity index (χ0) is 11.4. The molecule has 2 heterocycles. The molecule has 2 aliphatic heterocycles. The Hall–Kier alpha value is 0.230. The summed E-state index contributed by atoms with van der Waals surface area (Å²) in [5, 5.41) is 0. The van der Waals surface area contributed by atoms with Crippen molar-refractivity contribution in [2.75, 3.05) is 37.7 Å². The minimum Gasteiger partial charge on any atom is -0.376 e. The minimum absolute atomic E-state index is 0.280. The summed E-state index contributed by atoms with van der Waals surface area (Å²) in [5.74, 6) is 2.54. The van der Waals surface area contributed by atoms with Crippen molar-refractivity contribution in [3.63, 3.8) is 0 Å². The largest absolute Gasteiger partial charge is 0.376 e. The quantitative estimate of drug-likeness (QED) is 0.813. The Labute approximate surface area is 103 Å². The maximum Gasteiger partial charge on any atom is 0.0700 e. The van der Waals surface area contributed by atoms with Crippen LogP contribution < -0.4 is 5.73 Å². The van der Waals surface area contributed by atoms with Crippen molar-refractivity contribution in [1.29, 1.82) is 0 Å². The molecule has 0 aromatic heterocycles. The van der Waals surface area contributed by atoms with Gasteiger partial charge in [0.15, 0.2) is 0 Å². The van der Waals surface area contributed by atoms with Gasteiger partial charge >= 0.3 is 0 Å². The summed E-state index contributed by atoms with van der Waals surface area (Å²) in [6, 6.07) is 0. The van der Waals surface area contributed by atoms with Crippen LogP contribution in [-0.4, -0.2) is 54.3 Å². The maximum atomic E-state index is 6.06. The first-order chi connectivity index (χ1) is 7.80. The summed E-state index contributed by atoms with van der Waals surface area (Å²) >= 11 is 2.07. The van der Waals surface area contributed by atoms with Crippen LogP contribution >= 0.6 is 11.8 Å². The Morgan fingerprint density at radius 3 is 2.81 bits per heavy atom. The Bertz CT molecular complexity index is 219. The molecule has 0 aromatic carbocycles. The zero-order valence-corrected chi connectivity index (χ0v) is 11.1. The molecule has 94 valence electrons. The number of rotatable bonds is 3. The Kier molecular flexibility index (Phi) is 4.53. The Balaban J connectivity index is 2.01. The Morgan fingerprint density at radius 1 is 1.44 bits per heavy atom. The smallest absolute Gasteiger partial charge is 0.0700 e. The molecule has 2 saturated heterocycles. The fraction of sp³-hybridized carbons (Fsp3) is 1.00. The monoisotopic (exact) mass is 244 g/mol. The van der Waals surface area contributed by atoms with Gasteiger partial charge in [-0.3, -0.25) is 4.90 Å². The highest BCUT2D eigenvalue weighted by molar-refractivity contribution is 7.99. The predicted molar refractivity (Wildman–Crippen MR) is 69.9 cm³/mol. The fourth-order valence-electron chi connectivity index (χ4n) is 2.80. The van der Waals surface area contributed by atoms with E-state index in [0.29, 0.717) is 6.10 Å². The lowest BCUT2D eigenvalue weighted by Gasteiger charge is -2.48. The minimum atomic E-state index is 0.280. The van der Waals surface area contributed by atoms with Gasteiger partial charge in [-0.15, -0.1) is 0 Å². The molecule has 2 aliphatic rings. The molecule has 0 saturated carbocycles. The molecule has 2 fully saturated rings. The van der Waals surface area contributed by atoms with E-state index in [1.54, 1.807) is 0 Å². The number of hydrogen-bond donors (Lipinski definition) is 1. The zero-order valence-electron chi connectivity index (χ0n) is 10.3. The maximum absolute atomic E-state index is 6.06. The van der Waals surface area contributed by atoms with Gasteiger partial charge in [0, 0.05) is 25.2 Å². The Morgan fingerprint density at radius 2 is 2.19 bits per heavy atom. The summed E-state index contributed by atoms with van der Waals surface area (Å²) in [6.07, 6.45) is 4.05. The molecule has 0 bridgehead atoms. The van der Waals surface area contributed by atoms with Crippen molar-refractivity contribution in [3.05, 3.63) is 0 Å². The van der Waals surface area contributed by atoms with E-state index in [9.17, 15) is 0 Å². The van der Waals surface area contributed by atoms with Crippen molar-refractivity contribution in [2.24, 2.45) is 5.73 Å². The third-order valence-electron chi connectivity index (χ3n) is 4.07. The standard InChI is InChI=1S/C12H24N2OS/c1-2-11-9-14(5-6-15-11)12(10-13)3-7-16-8-4-12/h11H,2-10,13H2,1H3. The summed E-state index contributed by atoms with van der Waals surface area (Å²) < 4.78 is 5.75. The van der Waals surface area contributed by atoms with Gasteiger partial charge in [-0.25, -0.2) is 0 Å². The third-order valence-corrected chi connectivity index (χ3v) is 5.05. The van der Waals surface area contributed by atoms with Crippen LogP contribution in [0.25, 0.3) is 0 Å². The van der Waals surface area contributed by atoms with Crippen LogP contribution in [-0.2, 0) is 4.74 Å². The van der Waals surface area contributed by atoms with Crippen LogP contribution in [0.3, 0.4) is 0 Å². The number of nitrogens with zero attached hydrogens (tertiary/aromatic N) is 1. The summed E-state index contributed by atoms with van der Waals surface area (Å²) in [4.78, 5) is 2.62. The van der Waals surface area contributed by atoms with Gasteiger partial charge < -0.3 is 10.5 Å². The summed E-state index contributed by atoms with van der Waals surface area (Å²) in [5.41, 5.74) is 6.34. The molecule has 4 heteroatoms. The van der Waals surface area contributed by atoms with E-state index in [0.717, 1.165) is 32.7 Å². The van der Waals surface area contributed by atoms with Crippen molar-refractivity contribution in [1.82, 2.24) is 4.90 Å². The number of thioether (sulfide) groups is 1. The molecule has 2 rings (SSSR count). The molecule has 0 aliphatic carbocycles. The number of nitrogens with two attached hydrogens (primary N) is 1. The average Bonchev–Trinajstić information content (AvgIpc) is 2.39. The van der Waals surface area contributed by atoms with Gasteiger partial charge in [0.25, 0.3) is 0 Å². The molecule has 2 N–H and O–H groups in total. The highest BCUT2D eigenvalue weighted by Crippen LogP contribution is 2.33. The van der Waals surface area contributed by atoms with Crippen molar-refractivity contribution >= 4 is 11.8 Å². The van der Waals surface area contributed by atoms with E-state index in [4.69, 9.17) is 10.5 Å². The molecule has 1 unspecified atom stereocenters. The molecular formula is C12H24N2OS. The predicted octanol–water partition coefficient (Wildman–Crippen LogP) is 1.32. The number of ether oxygens (including phenoxy) is 1. The molecule has 3 nitrogen and oxygen atoms in total. The molecular weight excluding hydrogens is 220 g/mol. The number of hydrogen-bond acceptors (Lipinski definition) is 4. The van der Waals surface area contributed by atoms with E-state index in [-0.39, 0.29) is 5.54 Å². The van der Waals surface area contributed by atoms with Crippen LogP contribution in [0.5, 0.6) is 0 Å². The third kappa shape index (κ3) is 2.55. The molecule has 0 spiro atoms. The highest BCUT2D eigenvalue weighted by atomic mass is 32.2. The summed E-state index contributed by atoms with van der Waals surface area (Å²) in [6.45, 7) is 6.05. The second kappa shape index (κ2) is 5.71. The average molecular weight is 244 g/mol. The lowest BCUT2D eigenvalue weighted by Crippen LogP contribution is -2.60. The lowest BCUT2D eigenvalue weighted by atomic mass is 9.89. The second-order valence-corrected chi connectivity index (χ2v) is 6.11. The van der Waals surface area contributed by atoms with Gasteiger partial charge in [0.2, 0.25) is 0 Å². The van der Waals surface area contributed by atoms with Crippen LogP contribution in [0.1, 0.15) is 26.2 Å². The fourth-order valence-corrected chi connectivity index (χ4v) is 4.05. The van der Waals surface area contributed by atoms with Crippen LogP contribution in [0.2, 0.25) is 0 Å². The van der Waals surface area contributed by atoms with Gasteiger partial charge in [0.05, 0.1) is 12.7 Å². The van der Waals surface area contributed by atoms with E-state index in [1.807, 2.05) is 0 Å². The second-order valence-electron chi connectivity index (χ2n) is 4.89. The number of morpholine rings is 1. The van der Waals surface area contributed by atoms with Crippen molar-refractivity contribution in [3.8, 4) is 0 Å². The van der Waals surface area contributed by atoms with Crippen molar-refractivity contribution < 1.29 is 4.74 Å². The molecule has 0 radical (unpaired) electrons. The first-order valence-corrected chi connectivity index (χ1v) is 7.61. The van der Waals surface area contributed by atoms with Crippen molar-refractivity contribution in [2.45, 2.75) is 37.8 Å². The first-order valence-electron chi connectivity index (χ1n) is 6.45. The molecule has 1 atom stereocenters. The first kappa shape index (κ1) is 12.7. The van der Waals surface area contributed by atoms with E-state index >= 15 is 0 Å². The molecule has 16 heavy (non-hydrogen) atoms. The molecule has 0 aromatic rings. The van der Waals surface area contributed by atoms with Crippen LogP contribution in [0, 0.1) is 0 Å². The van der Waals surface area contributed by atoms with Crippen LogP contribution in [0.15, 0.2) is 0 Å². The SMILES string of the molecule is CCC1CN(C2(CN)CCSCC2)CCO1. The van der Waals surface area contributed by atoms with Gasteiger partial charge in [-0.05, 0) is 30.8 Å². The van der Waals surface area contributed by atoms with Gasteiger partial charge in [-0.1, -0.05) is 6.92 Å². The van der Waals surface area contributed by atoms with Gasteiger partial charge in [-0.2, -0.15) is 11.8 Å². The highest BCUT2D eigenvalue weighted by Gasteiger charge is 2.39. The topological polar surface area (TPSA) is 38.5 Å². The molecule has 0 amide bonds. The van der Waals surface area contributed by atoms with Gasteiger partial charge in [0.1, 0.15) is 0 Å². The van der Waals surface area contributed by atoms with E-state index in [2.05, 4.69) is 23.6 Å². The van der Waals surface area contributed by atoms with E-state index < -0.39 is 0 Å². The lowest BCUT2D eigenvalue weighted by molar-refractivity contribution is -0.0713.